The summed E-state index contributed by atoms with van der Waals surface area (Å²) in [6.45, 7) is 4.68. The van der Waals surface area contributed by atoms with E-state index in [1.165, 1.54) is 19.3 Å². The number of ether oxygens (including phenoxy) is 2. The molecule has 1 atom stereocenters. The standard InChI is InChI=1S/C14H28N2O3/c1-3-19-8-7-14(5-4-6-14)11-16-13(17)9-12(10-15)18-2/h12H,3-11,15H2,1-2H3,(H,16,17). The molecule has 0 heterocycles. The van der Waals surface area contributed by atoms with Crippen LogP contribution in [0.5, 0.6) is 0 Å². The van der Waals surface area contributed by atoms with Crippen LogP contribution in [0.4, 0.5) is 0 Å². The zero-order valence-corrected chi connectivity index (χ0v) is 12.2. The van der Waals surface area contributed by atoms with E-state index in [1.807, 2.05) is 6.92 Å². The average molecular weight is 272 g/mol. The van der Waals surface area contributed by atoms with Gasteiger partial charge >= 0.3 is 0 Å². The van der Waals surface area contributed by atoms with Gasteiger partial charge in [-0.1, -0.05) is 6.42 Å². The summed E-state index contributed by atoms with van der Waals surface area (Å²) in [6, 6.07) is 0. The van der Waals surface area contributed by atoms with E-state index in [9.17, 15) is 4.79 Å². The van der Waals surface area contributed by atoms with Crippen molar-refractivity contribution in [1.29, 1.82) is 0 Å². The van der Waals surface area contributed by atoms with Crippen LogP contribution in [0.2, 0.25) is 0 Å². The van der Waals surface area contributed by atoms with Crippen LogP contribution in [0.25, 0.3) is 0 Å². The molecule has 1 amide bonds. The van der Waals surface area contributed by atoms with E-state index in [1.54, 1.807) is 7.11 Å². The molecule has 5 nitrogen and oxygen atoms in total. The summed E-state index contributed by atoms with van der Waals surface area (Å²) in [4.78, 5) is 11.8. The maximum absolute atomic E-state index is 11.8. The molecule has 1 aliphatic carbocycles. The zero-order valence-electron chi connectivity index (χ0n) is 12.2. The van der Waals surface area contributed by atoms with Crippen molar-refractivity contribution in [2.24, 2.45) is 11.1 Å². The third-order valence-electron chi connectivity index (χ3n) is 4.06. The van der Waals surface area contributed by atoms with E-state index in [-0.39, 0.29) is 17.4 Å². The Bertz CT molecular complexity index is 263. The van der Waals surface area contributed by atoms with Crippen LogP contribution in [0.1, 0.15) is 39.0 Å². The van der Waals surface area contributed by atoms with Gasteiger partial charge in [-0.3, -0.25) is 4.79 Å². The van der Waals surface area contributed by atoms with Gasteiger partial charge in [0.2, 0.25) is 5.91 Å². The molecule has 0 radical (unpaired) electrons. The summed E-state index contributed by atoms with van der Waals surface area (Å²) in [6.07, 6.45) is 4.82. The fraction of sp³-hybridized carbons (Fsp3) is 0.929. The summed E-state index contributed by atoms with van der Waals surface area (Å²) in [5.74, 6) is 0.0278. The zero-order chi connectivity index (χ0) is 14.1. The number of nitrogens with one attached hydrogen (secondary N) is 1. The Hall–Kier alpha value is -0.650. The van der Waals surface area contributed by atoms with Crippen LogP contribution in [0.15, 0.2) is 0 Å². The van der Waals surface area contributed by atoms with Gasteiger partial charge in [0.1, 0.15) is 0 Å². The molecule has 0 spiro atoms. The number of methoxy groups -OCH3 is 1. The van der Waals surface area contributed by atoms with E-state index >= 15 is 0 Å². The lowest BCUT2D eigenvalue weighted by Gasteiger charge is -2.42. The SMILES string of the molecule is CCOCCC1(CNC(=O)CC(CN)OC)CCC1. The Morgan fingerprint density at radius 1 is 1.47 bits per heavy atom. The maximum atomic E-state index is 11.8. The van der Waals surface area contributed by atoms with E-state index in [0.29, 0.717) is 13.0 Å². The van der Waals surface area contributed by atoms with Gasteiger partial charge in [0.05, 0.1) is 12.5 Å². The predicted molar refractivity (Wildman–Crippen MR) is 74.9 cm³/mol. The Balaban J connectivity index is 2.26. The van der Waals surface area contributed by atoms with Crippen molar-refractivity contribution in [2.45, 2.75) is 45.1 Å². The molecule has 19 heavy (non-hydrogen) atoms. The van der Waals surface area contributed by atoms with Gasteiger partial charge in [0, 0.05) is 33.4 Å². The first kappa shape index (κ1) is 16.4. The van der Waals surface area contributed by atoms with Gasteiger partial charge in [-0.15, -0.1) is 0 Å². The monoisotopic (exact) mass is 272 g/mol. The molecule has 5 heteroatoms. The van der Waals surface area contributed by atoms with Gasteiger partial charge < -0.3 is 20.5 Å². The number of amides is 1. The molecule has 1 aliphatic rings. The van der Waals surface area contributed by atoms with Crippen LogP contribution in [0, 0.1) is 5.41 Å². The fourth-order valence-electron chi connectivity index (χ4n) is 2.45. The van der Waals surface area contributed by atoms with Crippen LogP contribution in [-0.2, 0) is 14.3 Å². The number of nitrogens with two attached hydrogens (primary N) is 1. The van der Waals surface area contributed by atoms with E-state index < -0.39 is 0 Å². The third kappa shape index (κ3) is 5.47. The summed E-state index contributed by atoms with van der Waals surface area (Å²) in [5, 5.41) is 3.02. The molecule has 1 rings (SSSR count). The second-order valence-electron chi connectivity index (χ2n) is 5.37. The molecule has 0 aromatic heterocycles. The van der Waals surface area contributed by atoms with Crippen LogP contribution >= 0.6 is 0 Å². The minimum absolute atomic E-state index is 0.0278. The number of hydrogen-bond donors (Lipinski definition) is 2. The van der Waals surface area contributed by atoms with Crippen molar-refractivity contribution in [3.63, 3.8) is 0 Å². The van der Waals surface area contributed by atoms with E-state index in [0.717, 1.165) is 26.2 Å². The summed E-state index contributed by atoms with van der Waals surface area (Å²) >= 11 is 0. The normalized spacial score (nSPS) is 18.7. The third-order valence-corrected chi connectivity index (χ3v) is 4.06. The first-order valence-corrected chi connectivity index (χ1v) is 7.23. The molecule has 3 N–H and O–H groups in total. The Kier molecular flexibility index (Phi) is 7.34. The minimum atomic E-state index is -0.180. The number of carbonyl (C=O) groups excluding carboxylic acids is 1. The lowest BCUT2D eigenvalue weighted by molar-refractivity contribution is -0.124. The number of hydrogen-bond acceptors (Lipinski definition) is 4. The van der Waals surface area contributed by atoms with Gasteiger partial charge in [-0.25, -0.2) is 0 Å². The van der Waals surface area contributed by atoms with Crippen molar-refractivity contribution in [2.75, 3.05) is 33.4 Å². The molecule has 112 valence electrons. The molecule has 1 unspecified atom stereocenters. The second kappa shape index (κ2) is 8.51. The van der Waals surface area contributed by atoms with E-state index in [4.69, 9.17) is 15.2 Å². The first-order chi connectivity index (χ1) is 9.15. The van der Waals surface area contributed by atoms with Crippen LogP contribution in [-0.4, -0.2) is 45.4 Å². The second-order valence-corrected chi connectivity index (χ2v) is 5.37. The predicted octanol–water partition coefficient (Wildman–Crippen LogP) is 1.06. The summed E-state index contributed by atoms with van der Waals surface area (Å²) < 4.78 is 10.5. The molecular formula is C14H28N2O3. The van der Waals surface area contributed by atoms with E-state index in [2.05, 4.69) is 5.32 Å². The van der Waals surface area contributed by atoms with Crippen LogP contribution in [0.3, 0.4) is 0 Å². The quantitative estimate of drug-likeness (QED) is 0.583. The first-order valence-electron chi connectivity index (χ1n) is 7.23. The average Bonchev–Trinajstić information content (AvgIpc) is 2.38. The fourth-order valence-corrected chi connectivity index (χ4v) is 2.45. The highest BCUT2D eigenvalue weighted by molar-refractivity contribution is 5.76. The Labute approximate surface area is 116 Å². The molecule has 0 aromatic carbocycles. The minimum Gasteiger partial charge on any atom is -0.382 e. The lowest BCUT2D eigenvalue weighted by atomic mass is 9.66. The highest BCUT2D eigenvalue weighted by Crippen LogP contribution is 2.43. The van der Waals surface area contributed by atoms with Crippen molar-refractivity contribution >= 4 is 5.91 Å². The van der Waals surface area contributed by atoms with Crippen LogP contribution < -0.4 is 11.1 Å². The smallest absolute Gasteiger partial charge is 0.222 e. The topological polar surface area (TPSA) is 73.6 Å². The van der Waals surface area contributed by atoms with Gasteiger partial charge in [-0.2, -0.15) is 0 Å². The molecule has 0 aromatic rings. The number of carbonyl (C=O) groups is 1. The Morgan fingerprint density at radius 2 is 2.21 bits per heavy atom. The molecule has 1 saturated carbocycles. The van der Waals surface area contributed by atoms with Crippen molar-refractivity contribution in [3.05, 3.63) is 0 Å². The lowest BCUT2D eigenvalue weighted by Crippen LogP contribution is -2.44. The number of rotatable bonds is 10. The van der Waals surface area contributed by atoms with Gasteiger partial charge in [0.15, 0.2) is 0 Å². The summed E-state index contributed by atoms with van der Waals surface area (Å²) in [5.41, 5.74) is 5.77. The molecular weight excluding hydrogens is 244 g/mol. The largest absolute Gasteiger partial charge is 0.382 e. The molecule has 0 aliphatic heterocycles. The maximum Gasteiger partial charge on any atom is 0.222 e. The van der Waals surface area contributed by atoms with Crippen molar-refractivity contribution in [3.8, 4) is 0 Å². The van der Waals surface area contributed by atoms with Crippen molar-refractivity contribution in [1.82, 2.24) is 5.32 Å². The molecule has 0 bridgehead atoms. The highest BCUT2D eigenvalue weighted by atomic mass is 16.5. The Morgan fingerprint density at radius 3 is 2.68 bits per heavy atom. The molecule has 1 fully saturated rings. The molecule has 0 saturated heterocycles. The summed E-state index contributed by atoms with van der Waals surface area (Å²) in [7, 11) is 1.58. The highest BCUT2D eigenvalue weighted by Gasteiger charge is 2.36. The van der Waals surface area contributed by atoms with Gasteiger partial charge in [-0.05, 0) is 31.6 Å². The van der Waals surface area contributed by atoms with Crippen molar-refractivity contribution < 1.29 is 14.3 Å². The van der Waals surface area contributed by atoms with Gasteiger partial charge in [0.25, 0.3) is 0 Å².